The van der Waals surface area contributed by atoms with Gasteiger partial charge in [0.1, 0.15) is 5.54 Å². The molecule has 0 aliphatic carbocycles. The molecule has 1 aliphatic heterocycles. The van der Waals surface area contributed by atoms with Crippen molar-refractivity contribution in [3.05, 3.63) is 24.3 Å². The van der Waals surface area contributed by atoms with E-state index in [4.69, 9.17) is 5.14 Å². The average molecular weight is 397 g/mol. The molecule has 0 radical (unpaired) electrons. The number of hydrogen-bond acceptors (Lipinski definition) is 5. The monoisotopic (exact) mass is 397 g/mol. The number of carbonyl (C=O) groups excluding carboxylic acids is 2. The Morgan fingerprint density at radius 1 is 1.41 bits per heavy atom. The molecular formula is C17H23N3O6S. The van der Waals surface area contributed by atoms with Gasteiger partial charge >= 0.3 is 5.97 Å². The Morgan fingerprint density at radius 2 is 2.07 bits per heavy atom. The molecule has 2 atom stereocenters. The number of carbonyl (C=O) groups is 3. The number of nitrogens with two attached hydrogens (primary N) is 1. The summed E-state index contributed by atoms with van der Waals surface area (Å²) >= 11 is 0. The number of carboxylic acid groups (broad SMARTS) is 1. The molecule has 4 N–H and O–H groups in total. The molecule has 1 fully saturated rings. The van der Waals surface area contributed by atoms with Crippen molar-refractivity contribution in [3.8, 4) is 0 Å². The number of rotatable bonds is 7. The third kappa shape index (κ3) is 4.64. The maximum absolute atomic E-state index is 12.5. The van der Waals surface area contributed by atoms with E-state index in [1.165, 1.54) is 30.0 Å². The fourth-order valence-corrected chi connectivity index (χ4v) is 3.61. The molecule has 2 amide bonds. The van der Waals surface area contributed by atoms with Crippen LogP contribution in [0.15, 0.2) is 29.2 Å². The molecule has 0 spiro atoms. The minimum absolute atomic E-state index is 0.0283. The minimum atomic E-state index is -3.92. The van der Waals surface area contributed by atoms with Crippen LogP contribution in [-0.4, -0.2) is 43.4 Å². The van der Waals surface area contributed by atoms with Crippen molar-refractivity contribution >= 4 is 33.5 Å². The first kappa shape index (κ1) is 20.8. The molecule has 1 aromatic rings. The van der Waals surface area contributed by atoms with Gasteiger partial charge < -0.3 is 15.3 Å². The van der Waals surface area contributed by atoms with Crippen molar-refractivity contribution in [2.45, 2.75) is 43.5 Å². The Kier molecular flexibility index (Phi) is 5.91. The first-order valence-electron chi connectivity index (χ1n) is 8.46. The Bertz CT molecular complexity index is 869. The molecule has 9 nitrogen and oxygen atoms in total. The molecule has 0 saturated carbocycles. The maximum Gasteiger partial charge on any atom is 0.329 e. The van der Waals surface area contributed by atoms with E-state index in [1.54, 1.807) is 6.07 Å². The molecule has 1 aliphatic rings. The van der Waals surface area contributed by atoms with E-state index in [9.17, 15) is 27.9 Å². The lowest BCUT2D eigenvalue weighted by Gasteiger charge is -2.27. The van der Waals surface area contributed by atoms with Crippen molar-refractivity contribution in [2.24, 2.45) is 11.1 Å². The summed E-state index contributed by atoms with van der Waals surface area (Å²) < 4.78 is 23.0. The van der Waals surface area contributed by atoms with Crippen molar-refractivity contribution in [1.29, 1.82) is 0 Å². The number of nitrogens with zero attached hydrogens (tertiary/aromatic N) is 1. The fraction of sp³-hybridized carbons (Fsp3) is 0.471. The zero-order valence-corrected chi connectivity index (χ0v) is 16.0. The second kappa shape index (κ2) is 7.65. The smallest absolute Gasteiger partial charge is 0.329 e. The SMILES string of the molecule is CCCC(C)(NC(=O)C1CC(=O)N(c2cccc(S(N)(=O)=O)c2)C1)C(=O)O. The van der Waals surface area contributed by atoms with E-state index in [1.807, 2.05) is 6.92 Å². The molecular weight excluding hydrogens is 374 g/mol. The van der Waals surface area contributed by atoms with Crippen molar-refractivity contribution in [3.63, 3.8) is 0 Å². The van der Waals surface area contributed by atoms with Gasteiger partial charge in [0.2, 0.25) is 21.8 Å². The largest absolute Gasteiger partial charge is 0.480 e. The van der Waals surface area contributed by atoms with E-state index in [-0.39, 0.29) is 30.2 Å². The summed E-state index contributed by atoms with van der Waals surface area (Å²) in [6, 6.07) is 5.59. The number of primary sulfonamides is 1. The molecule has 27 heavy (non-hydrogen) atoms. The molecule has 2 rings (SSSR count). The second-order valence-corrected chi connectivity index (χ2v) is 8.39. The van der Waals surface area contributed by atoms with Crippen LogP contribution >= 0.6 is 0 Å². The van der Waals surface area contributed by atoms with E-state index >= 15 is 0 Å². The van der Waals surface area contributed by atoms with Crippen molar-refractivity contribution < 1.29 is 27.9 Å². The van der Waals surface area contributed by atoms with Gasteiger partial charge in [0.25, 0.3) is 0 Å². The first-order valence-corrected chi connectivity index (χ1v) is 10.0. The van der Waals surface area contributed by atoms with Crippen LogP contribution in [0.4, 0.5) is 5.69 Å². The number of sulfonamides is 1. The lowest BCUT2D eigenvalue weighted by atomic mass is 9.95. The van der Waals surface area contributed by atoms with Gasteiger partial charge in [-0.1, -0.05) is 19.4 Å². The van der Waals surface area contributed by atoms with Gasteiger partial charge in [-0.05, 0) is 31.5 Å². The molecule has 10 heteroatoms. The quantitative estimate of drug-likeness (QED) is 0.608. The molecule has 1 aromatic carbocycles. The van der Waals surface area contributed by atoms with Gasteiger partial charge in [0.15, 0.2) is 0 Å². The summed E-state index contributed by atoms with van der Waals surface area (Å²) in [6.45, 7) is 3.27. The van der Waals surface area contributed by atoms with E-state index in [2.05, 4.69) is 5.32 Å². The molecule has 2 unspecified atom stereocenters. The number of nitrogens with one attached hydrogen (secondary N) is 1. The Hall–Kier alpha value is -2.46. The van der Waals surface area contributed by atoms with Crippen LogP contribution in [0.25, 0.3) is 0 Å². The lowest BCUT2D eigenvalue weighted by Crippen LogP contribution is -2.54. The zero-order chi connectivity index (χ0) is 20.4. The maximum atomic E-state index is 12.5. The van der Waals surface area contributed by atoms with Gasteiger partial charge in [-0.15, -0.1) is 0 Å². The molecule has 148 valence electrons. The van der Waals surface area contributed by atoms with Gasteiger partial charge in [-0.25, -0.2) is 18.4 Å². The highest BCUT2D eigenvalue weighted by Crippen LogP contribution is 2.27. The third-order valence-electron chi connectivity index (χ3n) is 4.57. The summed E-state index contributed by atoms with van der Waals surface area (Å²) in [5.41, 5.74) is -1.09. The Labute approximate surface area is 157 Å². The molecule has 1 heterocycles. The fourth-order valence-electron chi connectivity index (χ4n) is 3.06. The number of hydrogen-bond donors (Lipinski definition) is 3. The Balaban J connectivity index is 2.18. The number of benzene rings is 1. The number of anilines is 1. The predicted molar refractivity (Wildman–Crippen MR) is 97.4 cm³/mol. The predicted octanol–water partition coefficient (Wildman–Crippen LogP) is 0.447. The lowest BCUT2D eigenvalue weighted by molar-refractivity contribution is -0.147. The minimum Gasteiger partial charge on any atom is -0.480 e. The summed E-state index contributed by atoms with van der Waals surface area (Å²) in [7, 11) is -3.92. The van der Waals surface area contributed by atoms with Gasteiger partial charge in [-0.3, -0.25) is 9.59 Å². The van der Waals surface area contributed by atoms with Crippen LogP contribution in [0.1, 0.15) is 33.1 Å². The molecule has 0 aromatic heterocycles. The topological polar surface area (TPSA) is 147 Å². The highest BCUT2D eigenvalue weighted by Gasteiger charge is 2.40. The zero-order valence-electron chi connectivity index (χ0n) is 15.1. The van der Waals surface area contributed by atoms with Crippen LogP contribution < -0.4 is 15.4 Å². The van der Waals surface area contributed by atoms with E-state index in [0.29, 0.717) is 12.1 Å². The number of carboxylic acids is 1. The number of aliphatic carboxylic acids is 1. The number of amides is 2. The van der Waals surface area contributed by atoms with Crippen LogP contribution in [-0.2, 0) is 24.4 Å². The standard InChI is InChI=1S/C17H23N3O6S/c1-3-7-17(2,16(23)24)19-15(22)11-8-14(21)20(10-11)12-5-4-6-13(9-12)27(18,25)26/h4-6,9,11H,3,7-8,10H2,1-2H3,(H,19,22)(H,23,24)(H2,18,25,26). The van der Waals surface area contributed by atoms with E-state index < -0.39 is 33.4 Å². The summed E-state index contributed by atoms with van der Waals surface area (Å²) in [4.78, 5) is 37.5. The Morgan fingerprint density at radius 3 is 2.63 bits per heavy atom. The summed E-state index contributed by atoms with van der Waals surface area (Å²) in [5, 5.41) is 17.0. The average Bonchev–Trinajstić information content (AvgIpc) is 2.96. The van der Waals surface area contributed by atoms with Gasteiger partial charge in [0, 0.05) is 18.7 Å². The summed E-state index contributed by atoms with van der Waals surface area (Å²) in [5.74, 6) is -2.74. The highest BCUT2D eigenvalue weighted by atomic mass is 32.2. The van der Waals surface area contributed by atoms with Crippen molar-refractivity contribution in [2.75, 3.05) is 11.4 Å². The summed E-state index contributed by atoms with van der Waals surface area (Å²) in [6.07, 6.45) is 0.737. The second-order valence-electron chi connectivity index (χ2n) is 6.82. The molecule has 1 saturated heterocycles. The van der Waals surface area contributed by atoms with Gasteiger partial charge in [0.05, 0.1) is 10.8 Å². The van der Waals surface area contributed by atoms with Crippen LogP contribution in [0, 0.1) is 5.92 Å². The normalized spacial score (nSPS) is 19.6. The van der Waals surface area contributed by atoms with Crippen LogP contribution in [0.2, 0.25) is 0 Å². The van der Waals surface area contributed by atoms with Crippen LogP contribution in [0.5, 0.6) is 0 Å². The highest BCUT2D eigenvalue weighted by molar-refractivity contribution is 7.89. The van der Waals surface area contributed by atoms with Crippen molar-refractivity contribution in [1.82, 2.24) is 5.32 Å². The molecule has 0 bridgehead atoms. The van der Waals surface area contributed by atoms with E-state index in [0.717, 1.165) is 0 Å². The van der Waals surface area contributed by atoms with Gasteiger partial charge in [-0.2, -0.15) is 0 Å². The first-order chi connectivity index (χ1) is 12.5. The van der Waals surface area contributed by atoms with Crippen LogP contribution in [0.3, 0.4) is 0 Å². The third-order valence-corrected chi connectivity index (χ3v) is 5.49.